The third-order valence-electron chi connectivity index (χ3n) is 5.17. The molecule has 4 heteroatoms. The van der Waals surface area contributed by atoms with Gasteiger partial charge in [-0.15, -0.1) is 0 Å². The van der Waals surface area contributed by atoms with Gasteiger partial charge < -0.3 is 5.11 Å². The van der Waals surface area contributed by atoms with Crippen LogP contribution < -0.4 is 0 Å². The van der Waals surface area contributed by atoms with Gasteiger partial charge in [0.25, 0.3) is 0 Å². The van der Waals surface area contributed by atoms with E-state index < -0.39 is 5.97 Å². The zero-order valence-electron chi connectivity index (χ0n) is 13.2. The zero-order valence-corrected chi connectivity index (χ0v) is 13.2. The fraction of sp³-hybridized carbons (Fsp3) is 0.611. The topological polar surface area (TPSA) is 43.8 Å². The summed E-state index contributed by atoms with van der Waals surface area (Å²) in [4.78, 5) is 16.4. The lowest BCUT2D eigenvalue weighted by Gasteiger charge is -2.43. The molecule has 0 amide bonds. The van der Waals surface area contributed by atoms with E-state index >= 15 is 0 Å². The van der Waals surface area contributed by atoms with E-state index in [0.29, 0.717) is 0 Å². The standard InChI is InChI=1S/C18H26N2O2/c21-18(22)16-8-4-5-9-17(16)20-12-10-19(11-13-20)14-15-6-2-1-3-7-15/h1-3,6-7,16-17H,4-5,8-14H2,(H,21,22)/t16-,17?/m1/s1. The third-order valence-corrected chi connectivity index (χ3v) is 5.17. The molecule has 1 aromatic carbocycles. The van der Waals surface area contributed by atoms with Crippen LogP contribution in [-0.4, -0.2) is 53.1 Å². The molecule has 2 aliphatic rings. The smallest absolute Gasteiger partial charge is 0.308 e. The van der Waals surface area contributed by atoms with Gasteiger partial charge in [0, 0.05) is 38.8 Å². The maximum atomic E-state index is 11.5. The molecule has 1 N–H and O–H groups in total. The van der Waals surface area contributed by atoms with Gasteiger partial charge >= 0.3 is 5.97 Å². The molecule has 2 fully saturated rings. The van der Waals surface area contributed by atoms with Crippen LogP contribution in [-0.2, 0) is 11.3 Å². The summed E-state index contributed by atoms with van der Waals surface area (Å²) in [6.07, 6.45) is 4.15. The second-order valence-electron chi connectivity index (χ2n) is 6.59. The number of rotatable bonds is 4. The van der Waals surface area contributed by atoms with Crippen LogP contribution in [0.2, 0.25) is 0 Å². The quantitative estimate of drug-likeness (QED) is 0.928. The van der Waals surface area contributed by atoms with Crippen LogP contribution in [0.5, 0.6) is 0 Å². The predicted octanol–water partition coefficient (Wildman–Crippen LogP) is 2.45. The van der Waals surface area contributed by atoms with Crippen LogP contribution in [0, 0.1) is 5.92 Å². The van der Waals surface area contributed by atoms with E-state index in [4.69, 9.17) is 0 Å². The third kappa shape index (κ3) is 3.68. The molecule has 1 saturated carbocycles. The first-order valence-electron chi connectivity index (χ1n) is 8.47. The second kappa shape index (κ2) is 7.25. The number of aliphatic carboxylic acids is 1. The SMILES string of the molecule is O=C(O)[C@@H]1CCCCC1N1CCN(Cc2ccccc2)CC1. The minimum absolute atomic E-state index is 0.158. The highest BCUT2D eigenvalue weighted by Gasteiger charge is 2.35. The maximum absolute atomic E-state index is 11.5. The van der Waals surface area contributed by atoms with Crippen molar-refractivity contribution in [3.63, 3.8) is 0 Å². The molecule has 0 radical (unpaired) electrons. The first-order chi connectivity index (χ1) is 10.7. The Hall–Kier alpha value is -1.39. The number of piperazine rings is 1. The van der Waals surface area contributed by atoms with Crippen molar-refractivity contribution in [2.45, 2.75) is 38.3 Å². The molecule has 1 saturated heterocycles. The molecule has 2 atom stereocenters. The minimum Gasteiger partial charge on any atom is -0.481 e. The molecule has 1 aromatic rings. The van der Waals surface area contributed by atoms with E-state index in [2.05, 4.69) is 40.1 Å². The Balaban J connectivity index is 1.53. The van der Waals surface area contributed by atoms with E-state index in [-0.39, 0.29) is 12.0 Å². The first-order valence-corrected chi connectivity index (χ1v) is 8.47. The highest BCUT2D eigenvalue weighted by molar-refractivity contribution is 5.71. The van der Waals surface area contributed by atoms with Gasteiger partial charge in [-0.1, -0.05) is 43.2 Å². The Kier molecular flexibility index (Phi) is 5.11. The van der Waals surface area contributed by atoms with Gasteiger partial charge in [0.2, 0.25) is 0 Å². The van der Waals surface area contributed by atoms with Crippen LogP contribution >= 0.6 is 0 Å². The first kappa shape index (κ1) is 15.5. The average molecular weight is 302 g/mol. The lowest BCUT2D eigenvalue weighted by atomic mass is 9.83. The summed E-state index contributed by atoms with van der Waals surface area (Å²) < 4.78 is 0. The van der Waals surface area contributed by atoms with Crippen molar-refractivity contribution in [3.05, 3.63) is 35.9 Å². The molecule has 4 nitrogen and oxygen atoms in total. The Morgan fingerprint density at radius 3 is 2.41 bits per heavy atom. The van der Waals surface area contributed by atoms with Crippen LogP contribution in [0.15, 0.2) is 30.3 Å². The predicted molar refractivity (Wildman–Crippen MR) is 86.7 cm³/mol. The lowest BCUT2D eigenvalue weighted by Crippen LogP contribution is -2.53. The van der Waals surface area contributed by atoms with Crippen molar-refractivity contribution in [2.75, 3.05) is 26.2 Å². The number of hydrogen-bond donors (Lipinski definition) is 1. The van der Waals surface area contributed by atoms with Gasteiger partial charge in [-0.2, -0.15) is 0 Å². The van der Waals surface area contributed by atoms with E-state index in [9.17, 15) is 9.90 Å². The number of benzene rings is 1. The number of carboxylic acids is 1. The number of carboxylic acid groups (broad SMARTS) is 1. The Morgan fingerprint density at radius 2 is 1.73 bits per heavy atom. The minimum atomic E-state index is -0.601. The fourth-order valence-electron chi connectivity index (χ4n) is 3.93. The van der Waals surface area contributed by atoms with Crippen molar-refractivity contribution in [1.29, 1.82) is 0 Å². The summed E-state index contributed by atoms with van der Waals surface area (Å²) in [5, 5.41) is 9.45. The molecule has 120 valence electrons. The van der Waals surface area contributed by atoms with Crippen LogP contribution in [0.3, 0.4) is 0 Å². The maximum Gasteiger partial charge on any atom is 0.308 e. The van der Waals surface area contributed by atoms with E-state index in [0.717, 1.165) is 52.0 Å². The number of nitrogens with zero attached hydrogens (tertiary/aromatic N) is 2. The van der Waals surface area contributed by atoms with Crippen molar-refractivity contribution < 1.29 is 9.90 Å². The Bertz CT molecular complexity index is 483. The monoisotopic (exact) mass is 302 g/mol. The summed E-state index contributed by atoms with van der Waals surface area (Å²) in [7, 11) is 0. The van der Waals surface area contributed by atoms with Crippen molar-refractivity contribution in [2.24, 2.45) is 5.92 Å². The van der Waals surface area contributed by atoms with E-state index in [1.807, 2.05) is 0 Å². The second-order valence-corrected chi connectivity index (χ2v) is 6.59. The Labute approximate surface area is 132 Å². The molecule has 0 aromatic heterocycles. The van der Waals surface area contributed by atoms with Gasteiger partial charge in [-0.3, -0.25) is 14.6 Å². The molecule has 3 rings (SSSR count). The van der Waals surface area contributed by atoms with Crippen LogP contribution in [0.25, 0.3) is 0 Å². The summed E-state index contributed by atoms with van der Waals surface area (Å²) in [5.41, 5.74) is 1.36. The lowest BCUT2D eigenvalue weighted by molar-refractivity contribution is -0.146. The van der Waals surface area contributed by atoms with E-state index in [1.54, 1.807) is 0 Å². The summed E-state index contributed by atoms with van der Waals surface area (Å²) in [6.45, 7) is 5.08. The highest BCUT2D eigenvalue weighted by Crippen LogP contribution is 2.29. The van der Waals surface area contributed by atoms with Crippen molar-refractivity contribution in [1.82, 2.24) is 9.80 Å². The molecule has 1 unspecified atom stereocenters. The summed E-state index contributed by atoms with van der Waals surface area (Å²) in [5.74, 6) is -0.758. The van der Waals surface area contributed by atoms with E-state index in [1.165, 1.54) is 12.0 Å². The number of carbonyl (C=O) groups is 1. The number of hydrogen-bond acceptors (Lipinski definition) is 3. The van der Waals surface area contributed by atoms with Gasteiger partial charge in [-0.05, 0) is 18.4 Å². The molecule has 1 aliphatic heterocycles. The molecule has 0 spiro atoms. The Morgan fingerprint density at radius 1 is 1.05 bits per heavy atom. The van der Waals surface area contributed by atoms with Crippen molar-refractivity contribution >= 4 is 5.97 Å². The molecular formula is C18H26N2O2. The molecule has 1 aliphatic carbocycles. The molecule has 1 heterocycles. The summed E-state index contributed by atoms with van der Waals surface area (Å²) >= 11 is 0. The molecular weight excluding hydrogens is 276 g/mol. The zero-order chi connectivity index (χ0) is 15.4. The van der Waals surface area contributed by atoms with Gasteiger partial charge in [0.15, 0.2) is 0 Å². The molecule has 0 bridgehead atoms. The van der Waals surface area contributed by atoms with Crippen LogP contribution in [0.1, 0.15) is 31.2 Å². The average Bonchev–Trinajstić information content (AvgIpc) is 2.56. The van der Waals surface area contributed by atoms with Crippen LogP contribution in [0.4, 0.5) is 0 Å². The van der Waals surface area contributed by atoms with Gasteiger partial charge in [0.1, 0.15) is 0 Å². The fourth-order valence-corrected chi connectivity index (χ4v) is 3.93. The van der Waals surface area contributed by atoms with Gasteiger partial charge in [0.05, 0.1) is 5.92 Å². The normalized spacial score (nSPS) is 27.6. The highest BCUT2D eigenvalue weighted by atomic mass is 16.4. The molecule has 22 heavy (non-hydrogen) atoms. The van der Waals surface area contributed by atoms with Crippen molar-refractivity contribution in [3.8, 4) is 0 Å². The summed E-state index contributed by atoms with van der Waals surface area (Å²) in [6, 6.07) is 10.8. The van der Waals surface area contributed by atoms with Gasteiger partial charge in [-0.25, -0.2) is 0 Å². The largest absolute Gasteiger partial charge is 0.481 e.